The third kappa shape index (κ3) is 3.85. The van der Waals surface area contributed by atoms with Crippen LogP contribution in [0.15, 0.2) is 47.4 Å². The Labute approximate surface area is 119 Å². The van der Waals surface area contributed by atoms with Crippen LogP contribution in [0.1, 0.15) is 28.4 Å². The van der Waals surface area contributed by atoms with Crippen LogP contribution in [0, 0.1) is 20.8 Å². The molecule has 1 N–H and O–H groups in total. The maximum atomic E-state index is 10.3. The minimum atomic E-state index is -0.411. The summed E-state index contributed by atoms with van der Waals surface area (Å²) < 4.78 is 0. The summed E-state index contributed by atoms with van der Waals surface area (Å²) in [5.74, 6) is 0.688. The molecule has 0 aromatic heterocycles. The van der Waals surface area contributed by atoms with Gasteiger partial charge in [-0.15, -0.1) is 11.8 Å². The summed E-state index contributed by atoms with van der Waals surface area (Å²) in [7, 11) is 0. The van der Waals surface area contributed by atoms with E-state index in [2.05, 4.69) is 63.2 Å². The number of rotatable bonds is 4. The summed E-state index contributed by atoms with van der Waals surface area (Å²) in [5, 5.41) is 10.3. The lowest BCUT2D eigenvalue weighted by Gasteiger charge is -2.14. The molecule has 2 aromatic carbocycles. The van der Waals surface area contributed by atoms with E-state index in [1.165, 1.54) is 16.0 Å². The Morgan fingerprint density at radius 2 is 1.58 bits per heavy atom. The van der Waals surface area contributed by atoms with E-state index in [0.717, 1.165) is 11.1 Å². The summed E-state index contributed by atoms with van der Waals surface area (Å²) in [4.78, 5) is 1.20. The van der Waals surface area contributed by atoms with E-state index in [1.807, 2.05) is 0 Å². The summed E-state index contributed by atoms with van der Waals surface area (Å²) in [6, 6.07) is 14.7. The van der Waals surface area contributed by atoms with Crippen LogP contribution >= 0.6 is 11.8 Å². The molecule has 0 fully saturated rings. The highest BCUT2D eigenvalue weighted by Gasteiger charge is 2.11. The van der Waals surface area contributed by atoms with Crippen molar-refractivity contribution in [3.05, 3.63) is 64.7 Å². The second kappa shape index (κ2) is 6.27. The number of hydrogen-bond acceptors (Lipinski definition) is 2. The van der Waals surface area contributed by atoms with Crippen molar-refractivity contribution in [2.24, 2.45) is 0 Å². The Hall–Kier alpha value is -1.25. The normalized spacial score (nSPS) is 12.4. The third-order valence-electron chi connectivity index (χ3n) is 3.22. The van der Waals surface area contributed by atoms with Gasteiger partial charge in [0.15, 0.2) is 0 Å². The van der Waals surface area contributed by atoms with Gasteiger partial charge in [0.25, 0.3) is 0 Å². The van der Waals surface area contributed by atoms with Crippen molar-refractivity contribution in [1.82, 2.24) is 0 Å². The van der Waals surface area contributed by atoms with Gasteiger partial charge in [-0.2, -0.15) is 0 Å². The summed E-state index contributed by atoms with van der Waals surface area (Å²) >= 11 is 1.70. The Balaban J connectivity index is 2.03. The largest absolute Gasteiger partial charge is 0.388 e. The van der Waals surface area contributed by atoms with E-state index >= 15 is 0 Å². The van der Waals surface area contributed by atoms with E-state index in [-0.39, 0.29) is 0 Å². The van der Waals surface area contributed by atoms with Crippen molar-refractivity contribution in [2.75, 3.05) is 5.75 Å². The molecule has 1 atom stereocenters. The van der Waals surface area contributed by atoms with Gasteiger partial charge >= 0.3 is 0 Å². The highest BCUT2D eigenvalue weighted by Crippen LogP contribution is 2.27. The van der Waals surface area contributed by atoms with E-state index in [4.69, 9.17) is 0 Å². The molecule has 2 aromatic rings. The first-order valence-corrected chi connectivity index (χ1v) is 7.49. The van der Waals surface area contributed by atoms with Crippen LogP contribution in [-0.4, -0.2) is 10.9 Å². The minimum absolute atomic E-state index is 0.411. The first-order chi connectivity index (χ1) is 9.06. The molecule has 1 unspecified atom stereocenters. The second-order valence-electron chi connectivity index (χ2n) is 5.00. The molecule has 0 saturated carbocycles. The maximum absolute atomic E-state index is 10.3. The molecule has 0 aliphatic carbocycles. The molecule has 2 heteroatoms. The van der Waals surface area contributed by atoms with E-state index < -0.39 is 6.10 Å². The van der Waals surface area contributed by atoms with Gasteiger partial charge in [0.05, 0.1) is 6.10 Å². The highest BCUT2D eigenvalue weighted by molar-refractivity contribution is 7.99. The highest BCUT2D eigenvalue weighted by atomic mass is 32.2. The molecule has 0 bridgehead atoms. The number of aliphatic hydroxyl groups is 1. The molecule has 0 amide bonds. The van der Waals surface area contributed by atoms with Crippen LogP contribution in [0.3, 0.4) is 0 Å². The molecule has 2 rings (SSSR count). The van der Waals surface area contributed by atoms with Gasteiger partial charge in [-0.1, -0.05) is 41.5 Å². The van der Waals surface area contributed by atoms with Crippen LogP contribution in [-0.2, 0) is 0 Å². The van der Waals surface area contributed by atoms with Gasteiger partial charge in [0.2, 0.25) is 0 Å². The van der Waals surface area contributed by atoms with Gasteiger partial charge in [-0.05, 0) is 44.0 Å². The van der Waals surface area contributed by atoms with Crippen molar-refractivity contribution in [3.63, 3.8) is 0 Å². The maximum Gasteiger partial charge on any atom is 0.0886 e. The fourth-order valence-corrected chi connectivity index (χ4v) is 2.88. The topological polar surface area (TPSA) is 20.2 Å². The smallest absolute Gasteiger partial charge is 0.0886 e. The van der Waals surface area contributed by atoms with Crippen LogP contribution < -0.4 is 0 Å². The number of aryl methyl sites for hydroxylation is 3. The van der Waals surface area contributed by atoms with Crippen molar-refractivity contribution >= 4 is 11.8 Å². The quantitative estimate of drug-likeness (QED) is 0.830. The molecule has 100 valence electrons. The first kappa shape index (κ1) is 14.2. The van der Waals surface area contributed by atoms with Crippen LogP contribution in [0.4, 0.5) is 0 Å². The molecule has 1 nitrogen and oxygen atoms in total. The Morgan fingerprint density at radius 3 is 2.26 bits per heavy atom. The van der Waals surface area contributed by atoms with Gasteiger partial charge in [-0.25, -0.2) is 0 Å². The Morgan fingerprint density at radius 1 is 0.947 bits per heavy atom. The number of thioether (sulfide) groups is 1. The molecule has 0 aliphatic rings. The van der Waals surface area contributed by atoms with E-state index in [9.17, 15) is 5.11 Å². The van der Waals surface area contributed by atoms with Crippen molar-refractivity contribution in [1.29, 1.82) is 0 Å². The monoisotopic (exact) mass is 272 g/mol. The predicted octanol–water partition coefficient (Wildman–Crippen LogP) is 4.44. The third-order valence-corrected chi connectivity index (χ3v) is 4.31. The van der Waals surface area contributed by atoms with Crippen molar-refractivity contribution in [2.45, 2.75) is 31.8 Å². The molecule has 0 saturated heterocycles. The average Bonchev–Trinajstić information content (AvgIpc) is 2.40. The summed E-state index contributed by atoms with van der Waals surface area (Å²) in [6.07, 6.45) is -0.411. The summed E-state index contributed by atoms with van der Waals surface area (Å²) in [5.41, 5.74) is 4.65. The van der Waals surface area contributed by atoms with Gasteiger partial charge < -0.3 is 5.11 Å². The van der Waals surface area contributed by atoms with Crippen molar-refractivity contribution in [3.8, 4) is 0 Å². The van der Waals surface area contributed by atoms with Crippen LogP contribution in [0.2, 0.25) is 0 Å². The zero-order valence-electron chi connectivity index (χ0n) is 11.7. The fraction of sp³-hybridized carbons (Fsp3) is 0.294. The lowest BCUT2D eigenvalue weighted by molar-refractivity contribution is 0.203. The number of aliphatic hydroxyl groups excluding tert-OH is 1. The van der Waals surface area contributed by atoms with E-state index in [0.29, 0.717) is 5.75 Å². The first-order valence-electron chi connectivity index (χ1n) is 6.51. The standard InChI is InChI=1S/C17H20OS/c1-12-5-8-15(9-6-12)19-11-17(18)16-10-13(2)4-7-14(16)3/h4-10,17-18H,11H2,1-3H3. The number of hydrogen-bond donors (Lipinski definition) is 1. The van der Waals surface area contributed by atoms with E-state index in [1.54, 1.807) is 11.8 Å². The average molecular weight is 272 g/mol. The Bertz CT molecular complexity index is 546. The van der Waals surface area contributed by atoms with Gasteiger partial charge in [0, 0.05) is 10.6 Å². The molecule has 19 heavy (non-hydrogen) atoms. The SMILES string of the molecule is Cc1ccc(SCC(O)c2cc(C)ccc2C)cc1. The lowest BCUT2D eigenvalue weighted by atomic mass is 10.0. The zero-order chi connectivity index (χ0) is 13.8. The molecule has 0 heterocycles. The molecular weight excluding hydrogens is 252 g/mol. The van der Waals surface area contributed by atoms with Crippen LogP contribution in [0.25, 0.3) is 0 Å². The molecule has 0 aliphatic heterocycles. The predicted molar refractivity (Wildman–Crippen MR) is 82.8 cm³/mol. The molecular formula is C17H20OS. The Kier molecular flexibility index (Phi) is 4.67. The minimum Gasteiger partial charge on any atom is -0.388 e. The fourth-order valence-electron chi connectivity index (χ4n) is 2.02. The molecule has 0 spiro atoms. The van der Waals surface area contributed by atoms with Crippen molar-refractivity contribution < 1.29 is 5.11 Å². The number of benzene rings is 2. The zero-order valence-corrected chi connectivity index (χ0v) is 12.5. The van der Waals surface area contributed by atoms with Crippen LogP contribution in [0.5, 0.6) is 0 Å². The van der Waals surface area contributed by atoms with Gasteiger partial charge in [0.1, 0.15) is 0 Å². The molecule has 0 radical (unpaired) electrons. The van der Waals surface area contributed by atoms with Gasteiger partial charge in [-0.3, -0.25) is 0 Å². The second-order valence-corrected chi connectivity index (χ2v) is 6.09. The lowest BCUT2D eigenvalue weighted by Crippen LogP contribution is -2.03. The summed E-state index contributed by atoms with van der Waals surface area (Å²) in [6.45, 7) is 6.19.